The van der Waals surface area contributed by atoms with Gasteiger partial charge in [0.2, 0.25) is 5.91 Å². The predicted molar refractivity (Wildman–Crippen MR) is 100 cm³/mol. The van der Waals surface area contributed by atoms with Crippen molar-refractivity contribution in [3.8, 4) is 0 Å². The number of rotatable bonds is 6. The van der Waals surface area contributed by atoms with Crippen LogP contribution in [0.1, 0.15) is 76.0 Å². The first-order valence-electron chi connectivity index (χ1n) is 9.34. The number of nitrogens with one attached hydrogen (secondary N) is 2. The zero-order chi connectivity index (χ0) is 18.4. The Hall–Kier alpha value is -1.88. The second kappa shape index (κ2) is 8.99. The Balaban J connectivity index is 2.06. The van der Waals surface area contributed by atoms with E-state index < -0.39 is 18.0 Å². The molecule has 4 N–H and O–H groups in total. The summed E-state index contributed by atoms with van der Waals surface area (Å²) in [5, 5.41) is 5.44. The van der Waals surface area contributed by atoms with Gasteiger partial charge in [-0.1, -0.05) is 57.4 Å². The van der Waals surface area contributed by atoms with Gasteiger partial charge in [0, 0.05) is 6.04 Å². The van der Waals surface area contributed by atoms with E-state index in [1.807, 2.05) is 0 Å². The minimum atomic E-state index is -0.823. The van der Waals surface area contributed by atoms with Crippen LogP contribution >= 0.6 is 0 Å². The van der Waals surface area contributed by atoms with Crippen LogP contribution in [0.25, 0.3) is 0 Å². The number of carbonyl (C=O) groups excluding carboxylic acids is 2. The van der Waals surface area contributed by atoms with Gasteiger partial charge >= 0.3 is 6.03 Å². The average Bonchev–Trinajstić information content (AvgIpc) is 2.59. The zero-order valence-corrected chi connectivity index (χ0v) is 15.5. The number of urea groups is 1. The molecule has 0 spiro atoms. The summed E-state index contributed by atoms with van der Waals surface area (Å²) in [7, 11) is 0. The molecule has 1 saturated carbocycles. The molecule has 0 bridgehead atoms. The first kappa shape index (κ1) is 19.4. The summed E-state index contributed by atoms with van der Waals surface area (Å²) in [5.74, 6) is 0.592. The fraction of sp³-hybridized carbons (Fsp3) is 0.600. The Morgan fingerprint density at radius 1 is 1.04 bits per heavy atom. The molecule has 3 amide bonds. The van der Waals surface area contributed by atoms with Crippen molar-refractivity contribution in [2.45, 2.75) is 70.9 Å². The second-order valence-electron chi connectivity index (χ2n) is 7.47. The third-order valence-corrected chi connectivity index (χ3v) is 5.11. The van der Waals surface area contributed by atoms with Crippen LogP contribution in [-0.2, 0) is 4.79 Å². The third kappa shape index (κ3) is 5.56. The molecule has 0 heterocycles. The van der Waals surface area contributed by atoms with Gasteiger partial charge in [-0.25, -0.2) is 4.79 Å². The molecule has 25 heavy (non-hydrogen) atoms. The van der Waals surface area contributed by atoms with Crippen LogP contribution in [0.3, 0.4) is 0 Å². The van der Waals surface area contributed by atoms with Gasteiger partial charge in [-0.2, -0.15) is 0 Å². The van der Waals surface area contributed by atoms with Gasteiger partial charge in [0.05, 0.1) is 6.04 Å². The molecule has 1 fully saturated rings. The van der Waals surface area contributed by atoms with E-state index in [1.165, 1.54) is 37.7 Å². The van der Waals surface area contributed by atoms with Gasteiger partial charge in [0.25, 0.3) is 0 Å². The maximum absolute atomic E-state index is 11.9. The maximum atomic E-state index is 11.9. The van der Waals surface area contributed by atoms with Crippen molar-refractivity contribution in [1.29, 1.82) is 0 Å². The summed E-state index contributed by atoms with van der Waals surface area (Å²) >= 11 is 0. The van der Waals surface area contributed by atoms with E-state index in [0.717, 1.165) is 5.56 Å². The van der Waals surface area contributed by atoms with Gasteiger partial charge in [-0.15, -0.1) is 0 Å². The molecule has 1 aliphatic rings. The van der Waals surface area contributed by atoms with E-state index in [0.29, 0.717) is 11.8 Å². The second-order valence-corrected chi connectivity index (χ2v) is 7.47. The molecule has 2 unspecified atom stereocenters. The van der Waals surface area contributed by atoms with Crippen molar-refractivity contribution < 1.29 is 9.59 Å². The summed E-state index contributed by atoms with van der Waals surface area (Å²) in [6.45, 7) is 5.97. The number of primary amides is 1. The topological polar surface area (TPSA) is 84.2 Å². The summed E-state index contributed by atoms with van der Waals surface area (Å²) in [6, 6.07) is 7.51. The van der Waals surface area contributed by atoms with E-state index in [1.54, 1.807) is 6.92 Å². The Morgan fingerprint density at radius 2 is 1.64 bits per heavy atom. The number of carbonyl (C=O) groups is 2. The maximum Gasteiger partial charge on any atom is 0.318 e. The molecule has 0 radical (unpaired) electrons. The number of imide groups is 1. The van der Waals surface area contributed by atoms with Crippen molar-refractivity contribution in [3.63, 3.8) is 0 Å². The van der Waals surface area contributed by atoms with Crippen LogP contribution in [0.4, 0.5) is 4.79 Å². The lowest BCUT2D eigenvalue weighted by Crippen LogP contribution is -2.48. The number of amides is 3. The van der Waals surface area contributed by atoms with Gasteiger partial charge in [0.1, 0.15) is 0 Å². The lowest BCUT2D eigenvalue weighted by atomic mass is 9.83. The summed E-state index contributed by atoms with van der Waals surface area (Å²) in [6.07, 6.45) is 6.59. The molecule has 5 nitrogen and oxygen atoms in total. The van der Waals surface area contributed by atoms with Crippen molar-refractivity contribution >= 4 is 11.9 Å². The standard InChI is InChI=1S/C20H31N3O2/c1-13(2)18(22-14(3)19(24)23-20(21)25)17-11-9-16(10-12-17)15-7-5-4-6-8-15/h9-15,18,22H,4-8H2,1-3H3,(H3,21,23,24,25). The van der Waals surface area contributed by atoms with E-state index in [9.17, 15) is 9.59 Å². The summed E-state index contributed by atoms with van der Waals surface area (Å²) in [5.41, 5.74) is 7.60. The van der Waals surface area contributed by atoms with Crippen LogP contribution in [0, 0.1) is 5.92 Å². The van der Waals surface area contributed by atoms with Crippen LogP contribution < -0.4 is 16.4 Å². The minimum absolute atomic E-state index is 0.0361. The highest BCUT2D eigenvalue weighted by molar-refractivity contribution is 5.96. The average molecular weight is 345 g/mol. The van der Waals surface area contributed by atoms with Gasteiger partial charge < -0.3 is 5.73 Å². The van der Waals surface area contributed by atoms with E-state index >= 15 is 0 Å². The number of hydrogen-bond donors (Lipinski definition) is 3. The van der Waals surface area contributed by atoms with Crippen molar-refractivity contribution in [3.05, 3.63) is 35.4 Å². The summed E-state index contributed by atoms with van der Waals surface area (Å²) < 4.78 is 0. The Morgan fingerprint density at radius 3 is 2.16 bits per heavy atom. The molecule has 2 atom stereocenters. The molecular formula is C20H31N3O2. The van der Waals surface area contributed by atoms with Gasteiger partial charge in [-0.3, -0.25) is 15.4 Å². The van der Waals surface area contributed by atoms with Crippen LogP contribution in [0.5, 0.6) is 0 Å². The van der Waals surface area contributed by atoms with Crippen molar-refractivity contribution in [2.24, 2.45) is 11.7 Å². The Kier molecular flexibility index (Phi) is 7.00. The Bertz CT molecular complexity index is 577. The smallest absolute Gasteiger partial charge is 0.318 e. The predicted octanol–water partition coefficient (Wildman–Crippen LogP) is 3.60. The quantitative estimate of drug-likeness (QED) is 0.736. The molecule has 1 aromatic carbocycles. The summed E-state index contributed by atoms with van der Waals surface area (Å²) in [4.78, 5) is 22.8. The lowest BCUT2D eigenvalue weighted by molar-refractivity contribution is -0.121. The fourth-order valence-corrected chi connectivity index (χ4v) is 3.66. The lowest BCUT2D eigenvalue weighted by Gasteiger charge is -2.27. The van der Waals surface area contributed by atoms with E-state index in [2.05, 4.69) is 48.7 Å². The molecule has 0 aromatic heterocycles. The van der Waals surface area contributed by atoms with Crippen LogP contribution in [0.2, 0.25) is 0 Å². The molecule has 1 aliphatic carbocycles. The highest BCUT2D eigenvalue weighted by atomic mass is 16.2. The number of nitrogens with two attached hydrogens (primary N) is 1. The highest BCUT2D eigenvalue weighted by Gasteiger charge is 2.23. The third-order valence-electron chi connectivity index (χ3n) is 5.11. The number of benzene rings is 1. The molecule has 138 valence electrons. The van der Waals surface area contributed by atoms with E-state index in [-0.39, 0.29) is 6.04 Å². The van der Waals surface area contributed by atoms with Crippen molar-refractivity contribution in [1.82, 2.24) is 10.6 Å². The molecule has 2 rings (SSSR count). The van der Waals surface area contributed by atoms with Gasteiger partial charge in [0.15, 0.2) is 0 Å². The van der Waals surface area contributed by atoms with Gasteiger partial charge in [-0.05, 0) is 42.7 Å². The largest absolute Gasteiger partial charge is 0.351 e. The SMILES string of the molecule is CC(NC(c1ccc(C2CCCCC2)cc1)C(C)C)C(=O)NC(N)=O. The first-order valence-corrected chi connectivity index (χ1v) is 9.34. The number of hydrogen-bond acceptors (Lipinski definition) is 3. The monoisotopic (exact) mass is 345 g/mol. The molecule has 0 saturated heterocycles. The first-order chi connectivity index (χ1) is 11.9. The van der Waals surface area contributed by atoms with E-state index in [4.69, 9.17) is 5.73 Å². The Labute approximate surface area is 150 Å². The molecule has 5 heteroatoms. The van der Waals surface area contributed by atoms with Crippen LogP contribution in [0.15, 0.2) is 24.3 Å². The van der Waals surface area contributed by atoms with Crippen molar-refractivity contribution in [2.75, 3.05) is 0 Å². The molecule has 0 aliphatic heterocycles. The highest BCUT2D eigenvalue weighted by Crippen LogP contribution is 2.33. The molecule has 1 aromatic rings. The fourth-order valence-electron chi connectivity index (χ4n) is 3.66. The minimum Gasteiger partial charge on any atom is -0.351 e. The normalized spacial score (nSPS) is 17.9. The zero-order valence-electron chi connectivity index (χ0n) is 15.5. The van der Waals surface area contributed by atoms with Crippen LogP contribution in [-0.4, -0.2) is 18.0 Å². The molecular weight excluding hydrogens is 314 g/mol.